The number of ether oxygens (including phenoxy) is 1. The van der Waals surface area contributed by atoms with Crippen LogP contribution in [0.4, 0.5) is 5.69 Å². The first-order valence-electron chi connectivity index (χ1n) is 7.93. The summed E-state index contributed by atoms with van der Waals surface area (Å²) in [7, 11) is 1.69. The van der Waals surface area contributed by atoms with Crippen LogP contribution < -0.4 is 10.9 Å². The Labute approximate surface area is 148 Å². The van der Waals surface area contributed by atoms with E-state index >= 15 is 0 Å². The average Bonchev–Trinajstić information content (AvgIpc) is 3.00. The van der Waals surface area contributed by atoms with Gasteiger partial charge in [-0.25, -0.2) is 9.78 Å². The third-order valence-electron chi connectivity index (χ3n) is 3.71. The third kappa shape index (κ3) is 3.46. The van der Waals surface area contributed by atoms with Gasteiger partial charge < -0.3 is 10.1 Å². The second kappa shape index (κ2) is 7.18. The van der Waals surface area contributed by atoms with Crippen LogP contribution in [-0.2, 0) is 23.1 Å². The lowest BCUT2D eigenvalue weighted by Gasteiger charge is -2.08. The zero-order chi connectivity index (χ0) is 18.7. The highest BCUT2D eigenvalue weighted by Crippen LogP contribution is 2.11. The van der Waals surface area contributed by atoms with E-state index in [1.807, 2.05) is 0 Å². The number of nitrogens with zero attached hydrogens (tertiary/aromatic N) is 4. The van der Waals surface area contributed by atoms with Crippen LogP contribution in [0.2, 0.25) is 0 Å². The Morgan fingerprint density at radius 2 is 1.96 bits per heavy atom. The number of aromatic nitrogens is 4. The molecule has 2 heterocycles. The van der Waals surface area contributed by atoms with Crippen molar-refractivity contribution in [1.29, 1.82) is 0 Å². The van der Waals surface area contributed by atoms with E-state index in [2.05, 4.69) is 15.4 Å². The van der Waals surface area contributed by atoms with E-state index in [0.717, 1.165) is 0 Å². The quantitative estimate of drug-likeness (QED) is 0.683. The number of anilines is 1. The van der Waals surface area contributed by atoms with Crippen LogP contribution in [0.25, 0.3) is 11.0 Å². The Kier molecular flexibility index (Phi) is 4.78. The van der Waals surface area contributed by atoms with E-state index in [4.69, 9.17) is 4.74 Å². The molecule has 0 saturated carbocycles. The van der Waals surface area contributed by atoms with E-state index in [1.54, 1.807) is 38.2 Å². The van der Waals surface area contributed by atoms with Crippen LogP contribution in [0.3, 0.4) is 0 Å². The minimum absolute atomic E-state index is 0.184. The zero-order valence-corrected chi connectivity index (χ0v) is 14.3. The van der Waals surface area contributed by atoms with Gasteiger partial charge >= 0.3 is 5.97 Å². The monoisotopic (exact) mass is 355 g/mol. The summed E-state index contributed by atoms with van der Waals surface area (Å²) in [4.78, 5) is 40.3. The van der Waals surface area contributed by atoms with Crippen molar-refractivity contribution in [3.8, 4) is 0 Å². The Hall–Kier alpha value is -3.49. The van der Waals surface area contributed by atoms with Crippen LogP contribution in [0.15, 0.2) is 41.6 Å². The smallest absolute Gasteiger partial charge is 0.338 e. The van der Waals surface area contributed by atoms with Crippen molar-refractivity contribution < 1.29 is 14.3 Å². The lowest BCUT2D eigenvalue weighted by molar-refractivity contribution is -0.116. The van der Waals surface area contributed by atoms with Crippen LogP contribution in [-0.4, -0.2) is 37.8 Å². The number of rotatable bonds is 5. The summed E-state index contributed by atoms with van der Waals surface area (Å²) < 4.78 is 7.61. The Morgan fingerprint density at radius 3 is 2.65 bits per heavy atom. The number of nitrogens with one attached hydrogen (secondary N) is 1. The van der Waals surface area contributed by atoms with Gasteiger partial charge in [-0.3, -0.25) is 18.8 Å². The highest BCUT2D eigenvalue weighted by molar-refractivity contribution is 5.93. The van der Waals surface area contributed by atoms with Crippen LogP contribution in [0.1, 0.15) is 17.3 Å². The number of amides is 1. The molecule has 0 bridgehead atoms. The van der Waals surface area contributed by atoms with Crippen molar-refractivity contribution in [1.82, 2.24) is 19.3 Å². The van der Waals surface area contributed by atoms with Crippen molar-refractivity contribution in [2.24, 2.45) is 7.05 Å². The number of aryl methyl sites for hydroxylation is 1. The first kappa shape index (κ1) is 17.3. The lowest BCUT2D eigenvalue weighted by Crippen LogP contribution is -2.27. The van der Waals surface area contributed by atoms with Gasteiger partial charge in [0.25, 0.3) is 5.56 Å². The molecule has 9 nitrogen and oxygen atoms in total. The van der Waals surface area contributed by atoms with Gasteiger partial charge in [-0.1, -0.05) is 0 Å². The van der Waals surface area contributed by atoms with Gasteiger partial charge in [0, 0.05) is 12.7 Å². The summed E-state index contributed by atoms with van der Waals surface area (Å²) in [5, 5.41) is 7.00. The van der Waals surface area contributed by atoms with Crippen LogP contribution >= 0.6 is 0 Å². The van der Waals surface area contributed by atoms with Crippen molar-refractivity contribution in [2.45, 2.75) is 13.5 Å². The first-order valence-corrected chi connectivity index (χ1v) is 7.93. The third-order valence-corrected chi connectivity index (χ3v) is 3.71. The molecular weight excluding hydrogens is 338 g/mol. The second-order valence-electron chi connectivity index (χ2n) is 5.53. The maximum absolute atomic E-state index is 12.3. The Balaban J connectivity index is 1.70. The summed E-state index contributed by atoms with van der Waals surface area (Å²) in [6.45, 7) is 1.84. The number of benzene rings is 1. The van der Waals surface area contributed by atoms with Crippen molar-refractivity contribution >= 4 is 28.6 Å². The minimum Gasteiger partial charge on any atom is -0.462 e. The molecule has 3 aromatic rings. The highest BCUT2D eigenvalue weighted by atomic mass is 16.5. The number of fused-ring (bicyclic) bond motifs is 1. The van der Waals surface area contributed by atoms with Crippen molar-refractivity contribution in [3.05, 3.63) is 52.7 Å². The standard InChI is InChI=1S/C17H17N5O4/c1-3-26-17(25)11-4-6-12(7-5-11)20-14(23)9-22-10-18-15-13(16(22)24)8-19-21(15)2/h4-8,10H,3,9H2,1-2H3,(H,20,23). The van der Waals surface area contributed by atoms with E-state index in [0.29, 0.717) is 28.9 Å². The van der Waals surface area contributed by atoms with Crippen LogP contribution in [0, 0.1) is 0 Å². The molecule has 0 aliphatic rings. The lowest BCUT2D eigenvalue weighted by atomic mass is 10.2. The molecule has 3 rings (SSSR count). The molecule has 1 aromatic carbocycles. The largest absolute Gasteiger partial charge is 0.462 e. The number of hydrogen-bond acceptors (Lipinski definition) is 6. The van der Waals surface area contributed by atoms with Gasteiger partial charge in [-0.15, -0.1) is 0 Å². The summed E-state index contributed by atoms with van der Waals surface area (Å²) >= 11 is 0. The van der Waals surface area contributed by atoms with E-state index in [-0.39, 0.29) is 18.0 Å². The predicted molar refractivity (Wildman–Crippen MR) is 93.8 cm³/mol. The molecule has 0 saturated heterocycles. The molecular formula is C17H17N5O4. The fraction of sp³-hybridized carbons (Fsp3) is 0.235. The second-order valence-corrected chi connectivity index (χ2v) is 5.53. The summed E-state index contributed by atoms with van der Waals surface area (Å²) in [5.41, 5.74) is 1.02. The molecule has 0 spiro atoms. The molecule has 0 aliphatic heterocycles. The molecule has 0 fully saturated rings. The molecule has 134 valence electrons. The normalized spacial score (nSPS) is 10.7. The van der Waals surface area contributed by atoms with Gasteiger partial charge in [0.2, 0.25) is 5.91 Å². The highest BCUT2D eigenvalue weighted by Gasteiger charge is 2.11. The SMILES string of the molecule is CCOC(=O)c1ccc(NC(=O)Cn2cnc3c(cnn3C)c2=O)cc1. The molecule has 26 heavy (non-hydrogen) atoms. The Bertz CT molecular complexity index is 1020. The predicted octanol–water partition coefficient (Wildman–Crippen LogP) is 0.945. The molecule has 0 atom stereocenters. The number of hydrogen-bond donors (Lipinski definition) is 1. The zero-order valence-electron chi connectivity index (χ0n) is 14.3. The van der Waals surface area contributed by atoms with Crippen LogP contribution in [0.5, 0.6) is 0 Å². The van der Waals surface area contributed by atoms with E-state index in [9.17, 15) is 14.4 Å². The number of carbonyl (C=O) groups excluding carboxylic acids is 2. The maximum Gasteiger partial charge on any atom is 0.338 e. The molecule has 0 radical (unpaired) electrons. The summed E-state index contributed by atoms with van der Waals surface area (Å²) in [6, 6.07) is 6.30. The molecule has 1 amide bonds. The van der Waals surface area contributed by atoms with Gasteiger partial charge in [-0.05, 0) is 31.2 Å². The van der Waals surface area contributed by atoms with Gasteiger partial charge in [0.05, 0.1) is 18.4 Å². The summed E-state index contributed by atoms with van der Waals surface area (Å²) in [6.07, 6.45) is 2.74. The topological polar surface area (TPSA) is 108 Å². The van der Waals surface area contributed by atoms with Gasteiger partial charge in [-0.2, -0.15) is 5.10 Å². The van der Waals surface area contributed by atoms with E-state index < -0.39 is 5.97 Å². The number of esters is 1. The van der Waals surface area contributed by atoms with Gasteiger partial charge in [0.1, 0.15) is 18.3 Å². The number of carbonyl (C=O) groups is 2. The minimum atomic E-state index is -0.423. The van der Waals surface area contributed by atoms with Crippen molar-refractivity contribution in [3.63, 3.8) is 0 Å². The first-order chi connectivity index (χ1) is 12.5. The molecule has 0 unspecified atom stereocenters. The fourth-order valence-corrected chi connectivity index (χ4v) is 2.44. The average molecular weight is 355 g/mol. The summed E-state index contributed by atoms with van der Waals surface area (Å²) in [5.74, 6) is -0.811. The van der Waals surface area contributed by atoms with Crippen molar-refractivity contribution in [2.75, 3.05) is 11.9 Å². The van der Waals surface area contributed by atoms with Gasteiger partial charge in [0.15, 0.2) is 5.65 Å². The fourth-order valence-electron chi connectivity index (χ4n) is 2.44. The molecule has 1 N–H and O–H groups in total. The molecule has 0 aliphatic carbocycles. The van der Waals surface area contributed by atoms with E-state index in [1.165, 1.54) is 21.8 Å². The molecule has 2 aromatic heterocycles. The Morgan fingerprint density at radius 1 is 1.23 bits per heavy atom. The maximum atomic E-state index is 12.3. The molecule has 9 heteroatoms.